The minimum absolute atomic E-state index is 0.0625. The van der Waals surface area contributed by atoms with E-state index in [1.165, 1.54) is 13.2 Å². The topological polar surface area (TPSA) is 114 Å². The largest absolute Gasteiger partial charge is 0.466 e. The number of ether oxygens (including phenoxy) is 2. The van der Waals surface area contributed by atoms with Crippen molar-refractivity contribution in [3.05, 3.63) is 18.2 Å². The van der Waals surface area contributed by atoms with E-state index in [-0.39, 0.29) is 35.3 Å². The highest BCUT2D eigenvalue weighted by Crippen LogP contribution is 2.32. The highest BCUT2D eigenvalue weighted by atomic mass is 32.2. The van der Waals surface area contributed by atoms with Crippen LogP contribution in [0.25, 0.3) is 0 Å². The van der Waals surface area contributed by atoms with Crippen molar-refractivity contribution in [2.45, 2.75) is 51.0 Å². The van der Waals surface area contributed by atoms with Crippen molar-refractivity contribution in [3.8, 4) is 0 Å². The minimum atomic E-state index is -3.86. The van der Waals surface area contributed by atoms with Crippen LogP contribution in [0.3, 0.4) is 0 Å². The third-order valence-corrected chi connectivity index (χ3v) is 6.78. The molecule has 0 bridgehead atoms. The van der Waals surface area contributed by atoms with Crippen molar-refractivity contribution in [2.24, 2.45) is 5.92 Å². The Labute approximate surface area is 184 Å². The SMILES string of the molecule is CCOC(=O)[C@H]1CCCN(c2ccc(NC(=O)COC)cc2S(=O)(=O)N[C@@H](C)CC)C1. The fraction of sp³-hybridized carbons (Fsp3) is 0.619. The lowest BCUT2D eigenvalue weighted by Gasteiger charge is -2.34. The molecule has 0 unspecified atom stereocenters. The van der Waals surface area contributed by atoms with Gasteiger partial charge in [-0.25, -0.2) is 13.1 Å². The zero-order valence-electron chi connectivity index (χ0n) is 18.6. The molecule has 174 valence electrons. The molecule has 1 aromatic rings. The van der Waals surface area contributed by atoms with E-state index in [1.54, 1.807) is 26.0 Å². The lowest BCUT2D eigenvalue weighted by atomic mass is 9.97. The molecule has 10 heteroatoms. The first-order valence-electron chi connectivity index (χ1n) is 10.6. The number of piperidine rings is 1. The number of nitrogens with zero attached hydrogens (tertiary/aromatic N) is 1. The molecule has 2 rings (SSSR count). The Hall–Kier alpha value is -2.17. The number of methoxy groups -OCH3 is 1. The van der Waals surface area contributed by atoms with E-state index in [0.717, 1.165) is 6.42 Å². The highest BCUT2D eigenvalue weighted by Gasteiger charge is 2.31. The number of hydrogen-bond acceptors (Lipinski definition) is 7. The number of amides is 1. The second kappa shape index (κ2) is 11.4. The van der Waals surface area contributed by atoms with Crippen LogP contribution in [-0.2, 0) is 29.1 Å². The van der Waals surface area contributed by atoms with E-state index in [0.29, 0.717) is 43.9 Å². The van der Waals surface area contributed by atoms with Crippen molar-refractivity contribution in [3.63, 3.8) is 0 Å². The molecule has 1 fully saturated rings. The molecule has 0 spiro atoms. The maximum Gasteiger partial charge on any atom is 0.310 e. The summed E-state index contributed by atoms with van der Waals surface area (Å²) in [6.45, 7) is 6.62. The van der Waals surface area contributed by atoms with E-state index in [1.807, 2.05) is 11.8 Å². The van der Waals surface area contributed by atoms with E-state index in [4.69, 9.17) is 9.47 Å². The molecule has 0 aromatic heterocycles. The van der Waals surface area contributed by atoms with Crippen molar-refractivity contribution >= 4 is 33.3 Å². The number of anilines is 2. The van der Waals surface area contributed by atoms with Gasteiger partial charge >= 0.3 is 5.97 Å². The molecule has 1 saturated heterocycles. The number of hydrogen-bond donors (Lipinski definition) is 2. The van der Waals surface area contributed by atoms with E-state index < -0.39 is 10.0 Å². The molecule has 31 heavy (non-hydrogen) atoms. The van der Waals surface area contributed by atoms with Gasteiger partial charge in [0.05, 0.1) is 18.2 Å². The predicted molar refractivity (Wildman–Crippen MR) is 119 cm³/mol. The number of benzene rings is 1. The molecule has 1 aliphatic heterocycles. The van der Waals surface area contributed by atoms with Crippen molar-refractivity contribution < 1.29 is 27.5 Å². The first-order chi connectivity index (χ1) is 14.7. The van der Waals surface area contributed by atoms with Crippen molar-refractivity contribution in [2.75, 3.05) is 43.6 Å². The maximum atomic E-state index is 13.2. The molecule has 1 amide bonds. The van der Waals surface area contributed by atoms with Crippen LogP contribution in [0.15, 0.2) is 23.1 Å². The first-order valence-corrected chi connectivity index (χ1v) is 12.1. The Bertz CT molecular complexity index is 874. The van der Waals surface area contributed by atoms with Crippen LogP contribution in [-0.4, -0.2) is 59.7 Å². The van der Waals surface area contributed by atoms with Crippen LogP contribution >= 0.6 is 0 Å². The van der Waals surface area contributed by atoms with Gasteiger partial charge in [0.2, 0.25) is 15.9 Å². The summed E-state index contributed by atoms with van der Waals surface area (Å²) in [5.41, 5.74) is 0.851. The lowest BCUT2D eigenvalue weighted by Crippen LogP contribution is -2.41. The standard InChI is InChI=1S/C21H33N3O6S/c1-5-15(3)23-31(27,28)19-12-17(22-20(25)14-29-4)9-10-18(19)24-11-7-8-16(13-24)21(26)30-6-2/h9-10,12,15-16,23H,5-8,11,13-14H2,1-4H3,(H,22,25)/t15-,16-/m0/s1. The molecule has 0 aliphatic carbocycles. The molecular weight excluding hydrogens is 422 g/mol. The number of carbonyl (C=O) groups excluding carboxylic acids is 2. The summed E-state index contributed by atoms with van der Waals surface area (Å²) in [6.07, 6.45) is 2.08. The van der Waals surface area contributed by atoms with Gasteiger partial charge in [-0.2, -0.15) is 0 Å². The molecule has 1 heterocycles. The van der Waals surface area contributed by atoms with Gasteiger partial charge in [0, 0.05) is 31.9 Å². The van der Waals surface area contributed by atoms with Crippen molar-refractivity contribution in [1.82, 2.24) is 4.72 Å². The average Bonchev–Trinajstić information content (AvgIpc) is 2.73. The van der Waals surface area contributed by atoms with Gasteiger partial charge in [-0.1, -0.05) is 6.92 Å². The van der Waals surface area contributed by atoms with Gasteiger partial charge in [-0.3, -0.25) is 9.59 Å². The third-order valence-electron chi connectivity index (χ3n) is 5.16. The predicted octanol–water partition coefficient (Wildman–Crippen LogP) is 2.13. The van der Waals surface area contributed by atoms with Crippen LogP contribution in [0.1, 0.15) is 40.0 Å². The molecule has 2 atom stereocenters. The summed E-state index contributed by atoms with van der Waals surface area (Å²) in [5.74, 6) is -0.959. The second-order valence-corrected chi connectivity index (χ2v) is 9.31. The fourth-order valence-electron chi connectivity index (χ4n) is 3.46. The third kappa shape index (κ3) is 6.91. The second-order valence-electron chi connectivity index (χ2n) is 7.63. The maximum absolute atomic E-state index is 13.2. The Kier molecular flexibility index (Phi) is 9.27. The Morgan fingerprint density at radius 2 is 2.03 bits per heavy atom. The molecule has 0 radical (unpaired) electrons. The Morgan fingerprint density at radius 3 is 2.68 bits per heavy atom. The smallest absolute Gasteiger partial charge is 0.310 e. The van der Waals surface area contributed by atoms with Gasteiger partial charge in [-0.15, -0.1) is 0 Å². The molecule has 1 aliphatic rings. The van der Waals surface area contributed by atoms with Gasteiger partial charge in [-0.05, 0) is 51.3 Å². The fourth-order valence-corrected chi connectivity index (χ4v) is 5.03. The van der Waals surface area contributed by atoms with Gasteiger partial charge < -0.3 is 19.7 Å². The van der Waals surface area contributed by atoms with Gasteiger partial charge in [0.1, 0.15) is 11.5 Å². The highest BCUT2D eigenvalue weighted by molar-refractivity contribution is 7.89. The summed E-state index contributed by atoms with van der Waals surface area (Å²) in [4.78, 5) is 26.1. The zero-order chi connectivity index (χ0) is 23.0. The van der Waals surface area contributed by atoms with E-state index in [2.05, 4.69) is 10.0 Å². The quantitative estimate of drug-likeness (QED) is 0.520. The summed E-state index contributed by atoms with van der Waals surface area (Å²) >= 11 is 0. The Balaban J connectivity index is 2.40. The average molecular weight is 456 g/mol. The zero-order valence-corrected chi connectivity index (χ0v) is 19.5. The monoisotopic (exact) mass is 455 g/mol. The summed E-state index contributed by atoms with van der Waals surface area (Å²) in [6, 6.07) is 4.51. The van der Waals surface area contributed by atoms with E-state index in [9.17, 15) is 18.0 Å². The number of rotatable bonds is 10. The number of esters is 1. The number of sulfonamides is 1. The van der Waals surface area contributed by atoms with Crippen LogP contribution in [0.5, 0.6) is 0 Å². The Morgan fingerprint density at radius 1 is 1.29 bits per heavy atom. The van der Waals surface area contributed by atoms with Crippen LogP contribution in [0.4, 0.5) is 11.4 Å². The van der Waals surface area contributed by atoms with Gasteiger partial charge in [0.25, 0.3) is 0 Å². The molecule has 9 nitrogen and oxygen atoms in total. The summed E-state index contributed by atoms with van der Waals surface area (Å²) in [7, 11) is -2.45. The number of nitrogens with one attached hydrogen (secondary N) is 2. The van der Waals surface area contributed by atoms with Crippen LogP contribution in [0.2, 0.25) is 0 Å². The molecule has 0 saturated carbocycles. The minimum Gasteiger partial charge on any atom is -0.466 e. The normalized spacial score (nSPS) is 17.8. The first kappa shape index (κ1) is 25.1. The lowest BCUT2D eigenvalue weighted by molar-refractivity contribution is -0.148. The molecule has 2 N–H and O–H groups in total. The summed E-state index contributed by atoms with van der Waals surface area (Å²) in [5, 5.41) is 2.65. The van der Waals surface area contributed by atoms with Crippen LogP contribution in [0, 0.1) is 5.92 Å². The van der Waals surface area contributed by atoms with E-state index >= 15 is 0 Å². The van der Waals surface area contributed by atoms with Crippen molar-refractivity contribution in [1.29, 1.82) is 0 Å². The number of carbonyl (C=O) groups is 2. The van der Waals surface area contributed by atoms with Crippen LogP contribution < -0.4 is 14.9 Å². The molecule has 1 aromatic carbocycles. The molecular formula is C21H33N3O6S. The summed E-state index contributed by atoms with van der Waals surface area (Å²) < 4.78 is 39.0. The van der Waals surface area contributed by atoms with Gasteiger partial charge in [0.15, 0.2) is 0 Å².